The lowest BCUT2D eigenvalue weighted by atomic mass is 9.80. The van der Waals surface area contributed by atoms with E-state index in [9.17, 15) is 0 Å². The molecule has 1 aromatic heterocycles. The molecule has 0 radical (unpaired) electrons. The first kappa shape index (κ1) is 58.6. The molecule has 0 aliphatic rings. The van der Waals surface area contributed by atoms with Crippen molar-refractivity contribution >= 4 is 10.9 Å². The van der Waals surface area contributed by atoms with E-state index in [1.54, 1.807) is 0 Å². The zero-order chi connectivity index (χ0) is 60.7. The Hall–Kier alpha value is -10.4. The largest absolute Gasteiger partial charge is 0.493 e. The Balaban J connectivity index is 1.19. The van der Waals surface area contributed by atoms with Crippen LogP contribution in [0.25, 0.3) is 22.2 Å². The maximum atomic E-state index is 8.39. The SMILES string of the molecule is COc1c(OC(Cc2ccccc2)(Cc2ccccc2)Cc2ccccc2)c(Cc2ccccc2)c2nc(Cc3ccccc3)nc(-c3cc(Cc4ccccc4)c(Cc4ccccc4)c(Cc4ccccc4)c3Cc3ccccc3)c2c1Cc1ccccc1. The molecule has 0 spiro atoms. The van der Waals surface area contributed by atoms with Gasteiger partial charge in [0.2, 0.25) is 0 Å². The molecule has 0 saturated heterocycles. The Morgan fingerprint density at radius 1 is 0.289 bits per heavy atom. The molecule has 0 amide bonds. The van der Waals surface area contributed by atoms with Gasteiger partial charge in [-0.25, -0.2) is 9.97 Å². The number of aromatic nitrogens is 2. The lowest BCUT2D eigenvalue weighted by Gasteiger charge is -2.37. The van der Waals surface area contributed by atoms with E-state index in [0.29, 0.717) is 56.4 Å². The van der Waals surface area contributed by atoms with E-state index in [-0.39, 0.29) is 0 Å². The zero-order valence-electron chi connectivity index (χ0n) is 51.2. The zero-order valence-corrected chi connectivity index (χ0v) is 51.2. The van der Waals surface area contributed by atoms with Crippen LogP contribution in [0.4, 0.5) is 0 Å². The van der Waals surface area contributed by atoms with Crippen LogP contribution in [0.5, 0.6) is 11.5 Å². The second kappa shape index (κ2) is 28.2. The molecule has 4 nitrogen and oxygen atoms in total. The molecular formula is C86H74N2O2. The van der Waals surface area contributed by atoms with Crippen LogP contribution in [0.2, 0.25) is 0 Å². The first-order valence-corrected chi connectivity index (χ1v) is 31.7. The smallest absolute Gasteiger partial charge is 0.168 e. The van der Waals surface area contributed by atoms with E-state index in [0.717, 1.165) is 75.1 Å². The van der Waals surface area contributed by atoms with Gasteiger partial charge in [0.1, 0.15) is 11.4 Å². The molecule has 0 aliphatic heterocycles. The summed E-state index contributed by atoms with van der Waals surface area (Å²) in [5.41, 5.74) is 21.1. The topological polar surface area (TPSA) is 44.2 Å². The molecular weight excluding hydrogens is 1090 g/mol. The normalized spacial score (nSPS) is 11.4. The third-order valence-corrected chi connectivity index (χ3v) is 17.5. The molecule has 0 N–H and O–H groups in total. The highest BCUT2D eigenvalue weighted by molar-refractivity contribution is 6.01. The monoisotopic (exact) mass is 1170 g/mol. The van der Waals surface area contributed by atoms with E-state index < -0.39 is 5.60 Å². The predicted molar refractivity (Wildman–Crippen MR) is 370 cm³/mol. The molecule has 4 heteroatoms. The van der Waals surface area contributed by atoms with Crippen molar-refractivity contribution in [1.82, 2.24) is 9.97 Å². The molecule has 0 saturated carbocycles. The van der Waals surface area contributed by atoms with Gasteiger partial charge in [-0.2, -0.15) is 0 Å². The van der Waals surface area contributed by atoms with Gasteiger partial charge in [0.25, 0.3) is 0 Å². The van der Waals surface area contributed by atoms with Crippen LogP contribution in [-0.4, -0.2) is 22.7 Å². The van der Waals surface area contributed by atoms with Crippen LogP contribution in [0.1, 0.15) is 94.8 Å². The van der Waals surface area contributed by atoms with E-state index >= 15 is 0 Å². The molecule has 90 heavy (non-hydrogen) atoms. The number of hydrogen-bond acceptors (Lipinski definition) is 4. The summed E-state index contributed by atoms with van der Waals surface area (Å²) < 4.78 is 15.6. The Kier molecular flexibility index (Phi) is 18.3. The summed E-state index contributed by atoms with van der Waals surface area (Å²) in [6, 6.07) is 112. The predicted octanol–water partition coefficient (Wildman–Crippen LogP) is 19.3. The number of hydrogen-bond donors (Lipinski definition) is 0. The van der Waals surface area contributed by atoms with Crippen molar-refractivity contribution in [2.75, 3.05) is 7.11 Å². The number of fused-ring (bicyclic) bond motifs is 1. The van der Waals surface area contributed by atoms with Crippen LogP contribution in [0, 0.1) is 0 Å². The van der Waals surface area contributed by atoms with Gasteiger partial charge in [0.05, 0.1) is 18.3 Å². The molecule has 0 atom stereocenters. The molecule has 13 aromatic rings. The maximum absolute atomic E-state index is 8.39. The van der Waals surface area contributed by atoms with Crippen molar-refractivity contribution in [2.24, 2.45) is 0 Å². The van der Waals surface area contributed by atoms with Gasteiger partial charge in [-0.15, -0.1) is 0 Å². The number of methoxy groups -OCH3 is 1. The minimum atomic E-state index is -0.834. The Bertz CT molecular complexity index is 4320. The highest BCUT2D eigenvalue weighted by Crippen LogP contribution is 2.50. The van der Waals surface area contributed by atoms with E-state index in [1.807, 2.05) is 7.11 Å². The van der Waals surface area contributed by atoms with Crippen molar-refractivity contribution in [3.8, 4) is 22.8 Å². The summed E-state index contributed by atoms with van der Waals surface area (Å²) in [6.07, 6.45) is 6.32. The average Bonchev–Trinajstić information content (AvgIpc) is 0.741. The Labute approximate surface area is 531 Å². The summed E-state index contributed by atoms with van der Waals surface area (Å²) in [4.78, 5) is 12.1. The minimum absolute atomic E-state index is 0.513. The van der Waals surface area contributed by atoms with Crippen LogP contribution in [0.15, 0.2) is 309 Å². The van der Waals surface area contributed by atoms with Gasteiger partial charge in [0, 0.05) is 60.6 Å². The van der Waals surface area contributed by atoms with Gasteiger partial charge in [0.15, 0.2) is 11.5 Å². The summed E-state index contributed by atoms with van der Waals surface area (Å²) in [5.74, 6) is 2.13. The van der Waals surface area contributed by atoms with Gasteiger partial charge in [-0.1, -0.05) is 303 Å². The fraction of sp³-hybridized carbons (Fsp3) is 0.140. The van der Waals surface area contributed by atoms with Gasteiger partial charge < -0.3 is 9.47 Å². The van der Waals surface area contributed by atoms with E-state index in [1.165, 1.54) is 61.2 Å². The average molecular weight is 1170 g/mol. The molecule has 12 aromatic carbocycles. The van der Waals surface area contributed by atoms with E-state index in [2.05, 4.69) is 309 Å². The van der Waals surface area contributed by atoms with Crippen LogP contribution in [0.3, 0.4) is 0 Å². The third-order valence-electron chi connectivity index (χ3n) is 17.5. The standard InChI is InChI=1S/C86H74N2O2/c1-89-84-78(56-67-40-20-6-21-41-67)81-82(77-59-73(52-63-32-12-2-13-33-63)74(53-64-34-14-3-15-35-64)75(54-65-36-16-4-17-37-65)76(77)55-66-38-18-5-19-39-66)87-80(58-69-44-24-8-25-45-69)88-83(81)79(57-68-42-22-7-23-43-68)85(84)90-86(60-70-46-26-9-27-47-70,61-71-48-28-10-29-49-71)62-72-50-30-11-31-51-72/h2-51,59H,52-58,60-62H2,1H3. The van der Waals surface area contributed by atoms with Crippen molar-refractivity contribution in [3.05, 3.63) is 404 Å². The fourth-order valence-corrected chi connectivity index (χ4v) is 13.3. The number of rotatable bonds is 24. The Morgan fingerprint density at radius 3 is 0.978 bits per heavy atom. The summed E-state index contributed by atoms with van der Waals surface area (Å²) in [6.45, 7) is 0. The number of nitrogens with zero attached hydrogens (tertiary/aromatic N) is 2. The fourth-order valence-electron chi connectivity index (χ4n) is 13.3. The van der Waals surface area contributed by atoms with E-state index in [4.69, 9.17) is 19.4 Å². The van der Waals surface area contributed by atoms with Gasteiger partial charge in [-0.05, 0) is 110 Å². The van der Waals surface area contributed by atoms with Gasteiger partial charge >= 0.3 is 0 Å². The first-order chi connectivity index (χ1) is 44.5. The van der Waals surface area contributed by atoms with Gasteiger partial charge in [-0.3, -0.25) is 0 Å². The summed E-state index contributed by atoms with van der Waals surface area (Å²) in [7, 11) is 1.83. The Morgan fingerprint density at radius 2 is 0.600 bits per heavy atom. The van der Waals surface area contributed by atoms with Crippen molar-refractivity contribution < 1.29 is 9.47 Å². The quantitative estimate of drug-likeness (QED) is 0.0605. The first-order valence-electron chi connectivity index (χ1n) is 31.7. The molecule has 440 valence electrons. The van der Waals surface area contributed by atoms with Crippen LogP contribution in [-0.2, 0) is 64.2 Å². The lowest BCUT2D eigenvalue weighted by molar-refractivity contribution is 0.0648. The summed E-state index contributed by atoms with van der Waals surface area (Å²) >= 11 is 0. The highest BCUT2D eigenvalue weighted by atomic mass is 16.5. The second-order valence-corrected chi connectivity index (χ2v) is 24.0. The third kappa shape index (κ3) is 14.1. The van der Waals surface area contributed by atoms with Crippen molar-refractivity contribution in [2.45, 2.75) is 69.8 Å². The van der Waals surface area contributed by atoms with Crippen molar-refractivity contribution in [1.29, 1.82) is 0 Å². The molecule has 0 unspecified atom stereocenters. The number of ether oxygens (including phenoxy) is 2. The molecule has 0 aliphatic carbocycles. The van der Waals surface area contributed by atoms with Crippen molar-refractivity contribution in [3.63, 3.8) is 0 Å². The van der Waals surface area contributed by atoms with Crippen LogP contribution >= 0.6 is 0 Å². The number of benzene rings is 12. The minimum Gasteiger partial charge on any atom is -0.493 e. The molecule has 13 rings (SSSR count). The van der Waals surface area contributed by atoms with Crippen LogP contribution < -0.4 is 9.47 Å². The highest BCUT2D eigenvalue weighted by Gasteiger charge is 2.38. The molecule has 0 bridgehead atoms. The summed E-state index contributed by atoms with van der Waals surface area (Å²) in [5, 5.41) is 0.965. The lowest BCUT2D eigenvalue weighted by Crippen LogP contribution is -2.44. The molecule has 0 fully saturated rings. The second-order valence-electron chi connectivity index (χ2n) is 24.0. The molecule has 1 heterocycles. The maximum Gasteiger partial charge on any atom is 0.168 e.